The summed E-state index contributed by atoms with van der Waals surface area (Å²) in [5.74, 6) is 0.732. The summed E-state index contributed by atoms with van der Waals surface area (Å²) in [7, 11) is 1.72. The summed E-state index contributed by atoms with van der Waals surface area (Å²) < 4.78 is 0. The first-order valence-electron chi connectivity index (χ1n) is 8.12. The van der Waals surface area contributed by atoms with Crippen LogP contribution in [-0.2, 0) is 6.54 Å². The molecule has 0 radical (unpaired) electrons. The Bertz CT molecular complexity index is 704. The minimum absolute atomic E-state index is 0.192. The van der Waals surface area contributed by atoms with Crippen LogP contribution >= 0.6 is 0 Å². The number of benzene rings is 1. The fourth-order valence-electron chi connectivity index (χ4n) is 3.31. The van der Waals surface area contributed by atoms with Crippen molar-refractivity contribution in [3.8, 4) is 0 Å². The standard InChI is InChI=1S/C17H24N4O2/c1-12-6-5-7-13-15(12)20-14(19-13)10-18-16(22)21(2)11-17(23)8-3-4-9-17/h5-7,23H,3-4,8-11H2,1-2H3,(H,18,22)(H,19,20). The van der Waals surface area contributed by atoms with E-state index < -0.39 is 5.60 Å². The molecule has 3 rings (SSSR count). The zero-order chi connectivity index (χ0) is 16.4. The molecule has 0 aliphatic heterocycles. The molecule has 1 aromatic heterocycles. The van der Waals surface area contributed by atoms with E-state index in [0.29, 0.717) is 13.1 Å². The number of carbonyl (C=O) groups excluding carboxylic acids is 1. The monoisotopic (exact) mass is 316 g/mol. The molecular formula is C17H24N4O2. The van der Waals surface area contributed by atoms with Crippen LogP contribution in [0.2, 0.25) is 0 Å². The van der Waals surface area contributed by atoms with E-state index in [1.807, 2.05) is 25.1 Å². The van der Waals surface area contributed by atoms with Gasteiger partial charge in [0.25, 0.3) is 0 Å². The number of rotatable bonds is 4. The Morgan fingerprint density at radius 3 is 2.87 bits per heavy atom. The molecule has 1 aromatic carbocycles. The van der Waals surface area contributed by atoms with Crippen molar-refractivity contribution in [2.75, 3.05) is 13.6 Å². The van der Waals surface area contributed by atoms with Crippen molar-refractivity contribution in [2.45, 2.75) is 44.8 Å². The number of aromatic amines is 1. The first-order valence-corrected chi connectivity index (χ1v) is 8.12. The summed E-state index contributed by atoms with van der Waals surface area (Å²) in [5.41, 5.74) is 2.30. The number of nitrogens with one attached hydrogen (secondary N) is 2. The number of urea groups is 1. The lowest BCUT2D eigenvalue weighted by molar-refractivity contribution is 0.0247. The Labute approximate surface area is 135 Å². The van der Waals surface area contributed by atoms with Crippen molar-refractivity contribution in [3.63, 3.8) is 0 Å². The zero-order valence-corrected chi connectivity index (χ0v) is 13.7. The second kappa shape index (κ2) is 6.20. The Morgan fingerprint density at radius 2 is 2.17 bits per heavy atom. The number of H-pyrrole nitrogens is 1. The van der Waals surface area contributed by atoms with Gasteiger partial charge in [0.15, 0.2) is 0 Å². The van der Waals surface area contributed by atoms with E-state index in [4.69, 9.17) is 0 Å². The van der Waals surface area contributed by atoms with Crippen LogP contribution in [0.25, 0.3) is 11.0 Å². The van der Waals surface area contributed by atoms with Gasteiger partial charge in [0.05, 0.1) is 29.7 Å². The van der Waals surface area contributed by atoms with E-state index in [0.717, 1.165) is 48.1 Å². The third kappa shape index (κ3) is 3.47. The van der Waals surface area contributed by atoms with Gasteiger partial charge in [-0.2, -0.15) is 0 Å². The summed E-state index contributed by atoms with van der Waals surface area (Å²) in [6.45, 7) is 2.73. The van der Waals surface area contributed by atoms with Gasteiger partial charge in [0.2, 0.25) is 0 Å². The summed E-state index contributed by atoms with van der Waals surface area (Å²) in [4.78, 5) is 21.5. The lowest BCUT2D eigenvalue weighted by Gasteiger charge is -2.28. The van der Waals surface area contributed by atoms with Crippen molar-refractivity contribution in [1.29, 1.82) is 0 Å². The van der Waals surface area contributed by atoms with Crippen LogP contribution in [0, 0.1) is 6.92 Å². The first-order chi connectivity index (χ1) is 11.0. The second-order valence-electron chi connectivity index (χ2n) is 6.60. The number of aliphatic hydroxyl groups is 1. The Hall–Kier alpha value is -2.08. The van der Waals surface area contributed by atoms with E-state index in [1.165, 1.54) is 0 Å². The maximum atomic E-state index is 12.2. The van der Waals surface area contributed by atoms with Crippen molar-refractivity contribution in [2.24, 2.45) is 0 Å². The van der Waals surface area contributed by atoms with Crippen LogP contribution in [0.3, 0.4) is 0 Å². The average molecular weight is 316 g/mol. The predicted octanol–water partition coefficient (Wildman–Crippen LogP) is 2.32. The molecule has 6 heteroatoms. The summed E-state index contributed by atoms with van der Waals surface area (Å²) >= 11 is 0. The first kappa shape index (κ1) is 15.8. The van der Waals surface area contributed by atoms with Crippen molar-refractivity contribution in [3.05, 3.63) is 29.6 Å². The van der Waals surface area contributed by atoms with Gasteiger partial charge in [-0.1, -0.05) is 25.0 Å². The van der Waals surface area contributed by atoms with Crippen molar-refractivity contribution in [1.82, 2.24) is 20.2 Å². The van der Waals surface area contributed by atoms with Crippen LogP contribution in [-0.4, -0.2) is 45.2 Å². The topological polar surface area (TPSA) is 81.2 Å². The van der Waals surface area contributed by atoms with E-state index in [2.05, 4.69) is 15.3 Å². The number of hydrogen-bond donors (Lipinski definition) is 3. The molecule has 0 atom stereocenters. The number of amides is 2. The highest BCUT2D eigenvalue weighted by molar-refractivity contribution is 5.78. The lowest BCUT2D eigenvalue weighted by Crippen LogP contribution is -2.46. The molecule has 0 bridgehead atoms. The third-order valence-corrected chi connectivity index (χ3v) is 4.58. The molecule has 23 heavy (non-hydrogen) atoms. The van der Waals surface area contributed by atoms with Gasteiger partial charge in [0.1, 0.15) is 5.82 Å². The van der Waals surface area contributed by atoms with E-state index in [-0.39, 0.29) is 6.03 Å². The number of nitrogens with zero attached hydrogens (tertiary/aromatic N) is 2. The third-order valence-electron chi connectivity index (χ3n) is 4.58. The number of hydrogen-bond acceptors (Lipinski definition) is 3. The maximum absolute atomic E-state index is 12.2. The van der Waals surface area contributed by atoms with E-state index in [1.54, 1.807) is 11.9 Å². The highest BCUT2D eigenvalue weighted by atomic mass is 16.3. The molecule has 1 aliphatic carbocycles. The van der Waals surface area contributed by atoms with Gasteiger partial charge in [-0.25, -0.2) is 9.78 Å². The number of imidazole rings is 1. The average Bonchev–Trinajstić information content (AvgIpc) is 3.12. The maximum Gasteiger partial charge on any atom is 0.317 e. The number of fused-ring (bicyclic) bond motifs is 1. The van der Waals surface area contributed by atoms with E-state index in [9.17, 15) is 9.90 Å². The Balaban J connectivity index is 1.58. The molecule has 0 spiro atoms. The van der Waals surface area contributed by atoms with Crippen molar-refractivity contribution >= 4 is 17.1 Å². The molecule has 1 saturated carbocycles. The smallest absolute Gasteiger partial charge is 0.317 e. The Kier molecular flexibility index (Phi) is 4.26. The van der Waals surface area contributed by atoms with Crippen LogP contribution in [0.15, 0.2) is 18.2 Å². The van der Waals surface area contributed by atoms with Crippen LogP contribution < -0.4 is 5.32 Å². The van der Waals surface area contributed by atoms with Gasteiger partial charge in [-0.3, -0.25) is 0 Å². The lowest BCUT2D eigenvalue weighted by atomic mass is 10.0. The Morgan fingerprint density at radius 1 is 1.43 bits per heavy atom. The van der Waals surface area contributed by atoms with Crippen molar-refractivity contribution < 1.29 is 9.90 Å². The molecule has 0 unspecified atom stereocenters. The highest BCUT2D eigenvalue weighted by Crippen LogP contribution is 2.29. The van der Waals surface area contributed by atoms with Gasteiger partial charge < -0.3 is 20.3 Å². The molecule has 2 amide bonds. The second-order valence-corrected chi connectivity index (χ2v) is 6.60. The molecular weight excluding hydrogens is 292 g/mol. The molecule has 0 saturated heterocycles. The zero-order valence-electron chi connectivity index (χ0n) is 13.7. The number of carbonyl (C=O) groups is 1. The number of likely N-dealkylation sites (N-methyl/N-ethyl adjacent to an activating group) is 1. The SMILES string of the molecule is Cc1cccc2[nH]c(CNC(=O)N(C)CC3(O)CCCC3)nc12. The fraction of sp³-hybridized carbons (Fsp3) is 0.529. The normalized spacial score (nSPS) is 16.7. The van der Waals surface area contributed by atoms with Crippen LogP contribution in [0.1, 0.15) is 37.1 Å². The molecule has 3 N–H and O–H groups in total. The van der Waals surface area contributed by atoms with Gasteiger partial charge in [-0.15, -0.1) is 0 Å². The predicted molar refractivity (Wildman–Crippen MR) is 89.1 cm³/mol. The largest absolute Gasteiger partial charge is 0.388 e. The number of aryl methyl sites for hydroxylation is 1. The molecule has 1 aliphatic rings. The van der Waals surface area contributed by atoms with E-state index >= 15 is 0 Å². The molecule has 1 heterocycles. The molecule has 6 nitrogen and oxygen atoms in total. The molecule has 2 aromatic rings. The van der Waals surface area contributed by atoms with Gasteiger partial charge in [0, 0.05) is 7.05 Å². The number of aromatic nitrogens is 2. The summed E-state index contributed by atoms with van der Waals surface area (Å²) in [6.07, 6.45) is 3.61. The van der Waals surface area contributed by atoms with Crippen LogP contribution in [0.4, 0.5) is 4.79 Å². The highest BCUT2D eigenvalue weighted by Gasteiger charge is 2.33. The minimum Gasteiger partial charge on any atom is -0.388 e. The summed E-state index contributed by atoms with van der Waals surface area (Å²) in [5, 5.41) is 13.2. The molecule has 1 fully saturated rings. The van der Waals surface area contributed by atoms with Gasteiger partial charge >= 0.3 is 6.03 Å². The molecule has 124 valence electrons. The minimum atomic E-state index is -0.720. The van der Waals surface area contributed by atoms with Gasteiger partial charge in [-0.05, 0) is 31.4 Å². The van der Waals surface area contributed by atoms with Crippen LogP contribution in [0.5, 0.6) is 0 Å². The fourth-order valence-corrected chi connectivity index (χ4v) is 3.31. The number of para-hydroxylation sites is 1. The quantitative estimate of drug-likeness (QED) is 0.809. The summed E-state index contributed by atoms with van der Waals surface area (Å²) in [6, 6.07) is 5.78.